The number of halogens is 1. The lowest BCUT2D eigenvalue weighted by atomic mass is 9.95. The van der Waals surface area contributed by atoms with Gasteiger partial charge in [-0.15, -0.1) is 0 Å². The van der Waals surface area contributed by atoms with E-state index in [0.29, 0.717) is 31.7 Å². The molecule has 2 aromatic carbocycles. The summed E-state index contributed by atoms with van der Waals surface area (Å²) in [4.78, 5) is 25.3. The van der Waals surface area contributed by atoms with Gasteiger partial charge in [-0.25, -0.2) is 8.42 Å². The minimum Gasteiger partial charge on any atom is -0.495 e. The number of carbonyl (C=O) groups excluding carboxylic acids is 2. The van der Waals surface area contributed by atoms with Crippen molar-refractivity contribution in [1.82, 2.24) is 4.31 Å². The third-order valence-corrected chi connectivity index (χ3v) is 8.74. The van der Waals surface area contributed by atoms with Gasteiger partial charge in [0.15, 0.2) is 0 Å². The molecular weight excluding hydrogens is 492 g/mol. The van der Waals surface area contributed by atoms with Crippen molar-refractivity contribution in [2.24, 2.45) is 5.92 Å². The van der Waals surface area contributed by atoms with Crippen LogP contribution < -0.4 is 10.1 Å². The molecule has 0 unspecified atom stereocenters. The molecule has 1 N–H and O–H groups in total. The number of nitrogens with one attached hydrogen (secondary N) is 1. The van der Waals surface area contributed by atoms with Gasteiger partial charge in [0.1, 0.15) is 10.6 Å². The van der Waals surface area contributed by atoms with Crippen LogP contribution in [0.5, 0.6) is 5.75 Å². The van der Waals surface area contributed by atoms with Crippen LogP contribution in [0.4, 0.5) is 5.69 Å². The van der Waals surface area contributed by atoms with E-state index in [-0.39, 0.29) is 34.1 Å². The van der Waals surface area contributed by atoms with Crippen molar-refractivity contribution in [3.63, 3.8) is 0 Å². The van der Waals surface area contributed by atoms with Gasteiger partial charge < -0.3 is 14.8 Å². The molecule has 1 saturated heterocycles. The Bertz CT molecular complexity index is 1210. The van der Waals surface area contributed by atoms with Gasteiger partial charge in [0.2, 0.25) is 15.9 Å². The molecule has 0 radical (unpaired) electrons. The lowest BCUT2D eigenvalue weighted by Crippen LogP contribution is -2.43. The summed E-state index contributed by atoms with van der Waals surface area (Å²) in [6.45, 7) is 2.50. The molecule has 1 atom stereocenters. The van der Waals surface area contributed by atoms with Crippen molar-refractivity contribution >= 4 is 39.2 Å². The molecule has 1 amide bonds. The second kappa shape index (κ2) is 10.2. The number of anilines is 1. The SMILES string of the molecule is CCOC(=O)C1(c2ccc(NC(=O)[C@H]3CCCN(S(=O)(=O)c4cc(Cl)ccc4OC)C3)cc2)CC1. The smallest absolute Gasteiger partial charge is 0.316 e. The predicted molar refractivity (Wildman–Crippen MR) is 132 cm³/mol. The van der Waals surface area contributed by atoms with Crippen molar-refractivity contribution in [2.45, 2.75) is 42.9 Å². The molecule has 2 fully saturated rings. The quantitative estimate of drug-likeness (QED) is 0.528. The number of hydrogen-bond acceptors (Lipinski definition) is 6. The number of amides is 1. The Morgan fingerprint density at radius 2 is 1.89 bits per heavy atom. The first-order chi connectivity index (χ1) is 16.7. The third-order valence-electron chi connectivity index (χ3n) is 6.62. The Balaban J connectivity index is 1.44. The second-order valence-corrected chi connectivity index (χ2v) is 11.2. The zero-order valence-electron chi connectivity index (χ0n) is 19.8. The van der Waals surface area contributed by atoms with E-state index < -0.39 is 21.4 Å². The fourth-order valence-corrected chi connectivity index (χ4v) is 6.43. The number of nitrogens with zero attached hydrogens (tertiary/aromatic N) is 1. The lowest BCUT2D eigenvalue weighted by molar-refractivity contribution is -0.146. The first-order valence-electron chi connectivity index (χ1n) is 11.6. The van der Waals surface area contributed by atoms with E-state index >= 15 is 0 Å². The first kappa shape index (κ1) is 25.5. The summed E-state index contributed by atoms with van der Waals surface area (Å²) >= 11 is 6.04. The number of esters is 1. The topological polar surface area (TPSA) is 102 Å². The molecule has 188 valence electrons. The molecule has 1 saturated carbocycles. The summed E-state index contributed by atoms with van der Waals surface area (Å²) < 4.78 is 38.4. The normalized spacial score (nSPS) is 19.6. The molecule has 1 heterocycles. The van der Waals surface area contributed by atoms with Crippen LogP contribution in [0, 0.1) is 5.92 Å². The van der Waals surface area contributed by atoms with E-state index in [1.807, 2.05) is 12.1 Å². The van der Waals surface area contributed by atoms with Gasteiger partial charge in [0.25, 0.3) is 0 Å². The van der Waals surface area contributed by atoms with Crippen molar-refractivity contribution in [2.75, 3.05) is 32.1 Å². The van der Waals surface area contributed by atoms with Crippen LogP contribution in [0.15, 0.2) is 47.4 Å². The number of sulfonamides is 1. The Hall–Kier alpha value is -2.62. The number of benzene rings is 2. The highest BCUT2D eigenvalue weighted by atomic mass is 35.5. The van der Waals surface area contributed by atoms with E-state index in [1.54, 1.807) is 25.1 Å². The summed E-state index contributed by atoms with van der Waals surface area (Å²) in [7, 11) is -2.49. The molecule has 2 aromatic rings. The zero-order valence-corrected chi connectivity index (χ0v) is 21.3. The molecule has 1 aliphatic carbocycles. The summed E-state index contributed by atoms with van der Waals surface area (Å²) in [6.07, 6.45) is 2.64. The second-order valence-electron chi connectivity index (χ2n) is 8.87. The third kappa shape index (κ3) is 5.17. The molecule has 8 nitrogen and oxygen atoms in total. The largest absolute Gasteiger partial charge is 0.495 e. The summed E-state index contributed by atoms with van der Waals surface area (Å²) in [5.41, 5.74) is 0.896. The van der Waals surface area contributed by atoms with Crippen LogP contribution in [0.3, 0.4) is 0 Å². The number of carbonyl (C=O) groups is 2. The standard InChI is InChI=1S/C25H29ClN2O6S/c1-3-34-24(30)25(12-13-25)18-6-9-20(10-7-18)27-23(29)17-5-4-14-28(16-17)35(31,32)22-15-19(26)8-11-21(22)33-2/h6-11,15,17H,3-5,12-14,16H2,1-2H3,(H,27,29)/t17-/m0/s1. The molecule has 4 rings (SSSR count). The van der Waals surface area contributed by atoms with E-state index in [0.717, 1.165) is 18.4 Å². The van der Waals surface area contributed by atoms with Crippen molar-refractivity contribution in [3.8, 4) is 5.75 Å². The molecule has 1 aliphatic heterocycles. The van der Waals surface area contributed by atoms with Gasteiger partial charge in [-0.1, -0.05) is 23.7 Å². The molecular formula is C25H29ClN2O6S. The molecule has 0 spiro atoms. The monoisotopic (exact) mass is 520 g/mol. The van der Waals surface area contributed by atoms with E-state index in [9.17, 15) is 18.0 Å². The maximum absolute atomic E-state index is 13.3. The Morgan fingerprint density at radius 1 is 1.17 bits per heavy atom. The Morgan fingerprint density at radius 3 is 2.51 bits per heavy atom. The number of rotatable bonds is 8. The van der Waals surface area contributed by atoms with E-state index in [2.05, 4.69) is 5.32 Å². The number of hydrogen-bond donors (Lipinski definition) is 1. The van der Waals surface area contributed by atoms with Gasteiger partial charge in [0, 0.05) is 23.8 Å². The van der Waals surface area contributed by atoms with Crippen LogP contribution in [-0.4, -0.2) is 51.4 Å². The summed E-state index contributed by atoms with van der Waals surface area (Å²) in [5, 5.41) is 3.17. The predicted octanol–water partition coefficient (Wildman–Crippen LogP) is 3.98. The van der Waals surface area contributed by atoms with Gasteiger partial charge in [-0.3, -0.25) is 9.59 Å². The fourth-order valence-electron chi connectivity index (χ4n) is 4.49. The van der Waals surface area contributed by atoms with Gasteiger partial charge in [0.05, 0.1) is 25.0 Å². The van der Waals surface area contributed by atoms with Crippen LogP contribution >= 0.6 is 11.6 Å². The van der Waals surface area contributed by atoms with Crippen LogP contribution in [-0.2, 0) is 29.8 Å². The summed E-state index contributed by atoms with van der Waals surface area (Å²) in [6, 6.07) is 11.6. The Labute approximate surface area is 210 Å². The highest BCUT2D eigenvalue weighted by molar-refractivity contribution is 7.89. The van der Waals surface area contributed by atoms with Crippen LogP contribution in [0.25, 0.3) is 0 Å². The zero-order chi connectivity index (χ0) is 25.2. The minimum absolute atomic E-state index is 0.0141. The maximum Gasteiger partial charge on any atom is 0.316 e. The molecule has 0 bridgehead atoms. The van der Waals surface area contributed by atoms with Crippen LogP contribution in [0.2, 0.25) is 5.02 Å². The maximum atomic E-state index is 13.3. The molecule has 0 aromatic heterocycles. The van der Waals surface area contributed by atoms with Crippen molar-refractivity contribution in [3.05, 3.63) is 53.1 Å². The number of piperidine rings is 1. The van der Waals surface area contributed by atoms with Gasteiger partial charge in [-0.2, -0.15) is 4.31 Å². The summed E-state index contributed by atoms with van der Waals surface area (Å²) in [5.74, 6) is -0.756. The average molecular weight is 521 g/mol. The van der Waals surface area contributed by atoms with E-state index in [1.165, 1.54) is 23.5 Å². The van der Waals surface area contributed by atoms with Crippen molar-refractivity contribution < 1.29 is 27.5 Å². The average Bonchev–Trinajstić information content (AvgIpc) is 3.67. The molecule has 2 aliphatic rings. The molecule has 35 heavy (non-hydrogen) atoms. The number of ether oxygens (including phenoxy) is 2. The van der Waals surface area contributed by atoms with Crippen LogP contribution in [0.1, 0.15) is 38.2 Å². The van der Waals surface area contributed by atoms with E-state index in [4.69, 9.17) is 21.1 Å². The van der Waals surface area contributed by atoms with Crippen molar-refractivity contribution in [1.29, 1.82) is 0 Å². The Kier molecular flexibility index (Phi) is 7.40. The lowest BCUT2D eigenvalue weighted by Gasteiger charge is -2.31. The molecule has 10 heteroatoms. The minimum atomic E-state index is -3.89. The van der Waals surface area contributed by atoms with Gasteiger partial charge >= 0.3 is 5.97 Å². The highest BCUT2D eigenvalue weighted by Crippen LogP contribution is 2.49. The van der Waals surface area contributed by atoms with Gasteiger partial charge in [-0.05, 0) is 68.5 Å². The highest BCUT2D eigenvalue weighted by Gasteiger charge is 2.52. The number of methoxy groups -OCH3 is 1. The first-order valence-corrected chi connectivity index (χ1v) is 13.5. The fraction of sp³-hybridized carbons (Fsp3) is 0.440.